The summed E-state index contributed by atoms with van der Waals surface area (Å²) in [6.07, 6.45) is 3.25. The maximum Gasteiger partial charge on any atom is 0.269 e. The zero-order chi connectivity index (χ0) is 30.2. The van der Waals surface area contributed by atoms with E-state index in [1.54, 1.807) is 54.6 Å². The second-order valence-electron chi connectivity index (χ2n) is 10.4. The van der Waals surface area contributed by atoms with E-state index in [0.29, 0.717) is 35.0 Å². The number of anilines is 1. The summed E-state index contributed by atoms with van der Waals surface area (Å²) in [7, 11) is 0. The number of carbonyl (C=O) groups excluding carboxylic acids is 4. The normalized spacial score (nSPS) is 17.2. The molecule has 43 heavy (non-hydrogen) atoms. The predicted molar refractivity (Wildman–Crippen MR) is 158 cm³/mol. The molecule has 0 radical (unpaired) electrons. The number of fused-ring (bicyclic) bond motifs is 2. The summed E-state index contributed by atoms with van der Waals surface area (Å²) in [6, 6.07) is 16.9. The number of piperidine rings is 1. The molecule has 4 N–H and O–H groups in total. The highest BCUT2D eigenvalue weighted by atomic mass is 35.5. The number of hydrogen-bond acceptors (Lipinski definition) is 5. The van der Waals surface area contributed by atoms with Gasteiger partial charge in [-0.2, -0.15) is 5.10 Å². The van der Waals surface area contributed by atoms with Crippen LogP contribution in [0.4, 0.5) is 10.1 Å². The Bertz CT molecular complexity index is 1820. The van der Waals surface area contributed by atoms with Crippen LogP contribution in [0.25, 0.3) is 10.9 Å². The first kappa shape index (κ1) is 28.1. The fourth-order valence-electron chi connectivity index (χ4n) is 5.69. The number of nitrogens with one attached hydrogen (secondary N) is 2. The molecular weight excluding hydrogens is 575 g/mol. The molecule has 1 aliphatic heterocycles. The molecule has 2 aliphatic rings. The topological polar surface area (TPSA) is 139 Å². The van der Waals surface area contributed by atoms with Gasteiger partial charge < -0.3 is 21.3 Å². The lowest BCUT2D eigenvalue weighted by Crippen LogP contribution is -2.53. The van der Waals surface area contributed by atoms with Gasteiger partial charge in [0.25, 0.3) is 11.8 Å². The first-order valence-electron chi connectivity index (χ1n) is 13.6. The van der Waals surface area contributed by atoms with Crippen LogP contribution in [0.5, 0.6) is 0 Å². The lowest BCUT2D eigenvalue weighted by Gasteiger charge is -2.34. The van der Waals surface area contributed by atoms with Gasteiger partial charge >= 0.3 is 0 Å². The zero-order valence-corrected chi connectivity index (χ0v) is 23.5. The number of benzene rings is 3. The van der Waals surface area contributed by atoms with E-state index in [1.807, 2.05) is 6.08 Å². The number of primary amides is 1. The van der Waals surface area contributed by atoms with Gasteiger partial charge in [-0.25, -0.2) is 4.39 Å². The Morgan fingerprint density at radius 1 is 1.05 bits per heavy atom. The summed E-state index contributed by atoms with van der Waals surface area (Å²) in [4.78, 5) is 53.5. The van der Waals surface area contributed by atoms with E-state index in [4.69, 9.17) is 17.3 Å². The standard InChI is InChI=1S/C31H26ClFN6O4/c32-23-8-4-7-19(26(23)33)15-35-31(43)28-18-9-11-21(13-18)39(28)25(40)16-38-24-14-20(10-12-22(24)27(37-38)29(34)41)36-30(42)17-5-2-1-3-6-17/h1-8,10,12-14,21,28H,9,11,15-16H2,(H2,34,41)(H,35,43)(H,36,42)/t21-,28+/m1/s1. The van der Waals surface area contributed by atoms with Crippen molar-refractivity contribution in [1.29, 1.82) is 0 Å². The van der Waals surface area contributed by atoms with E-state index in [2.05, 4.69) is 15.7 Å². The quantitative estimate of drug-likeness (QED) is 0.264. The Morgan fingerprint density at radius 3 is 2.60 bits per heavy atom. The molecule has 10 nitrogen and oxygen atoms in total. The Balaban J connectivity index is 1.24. The lowest BCUT2D eigenvalue weighted by atomic mass is 10.0. The van der Waals surface area contributed by atoms with Crippen molar-refractivity contribution >= 4 is 51.8 Å². The minimum Gasteiger partial charge on any atom is -0.364 e. The zero-order valence-electron chi connectivity index (χ0n) is 22.7. The molecule has 6 rings (SSSR count). The summed E-state index contributed by atoms with van der Waals surface area (Å²) in [5, 5.41) is 10.2. The van der Waals surface area contributed by atoms with E-state index < -0.39 is 29.6 Å². The first-order chi connectivity index (χ1) is 20.7. The molecule has 1 aromatic heterocycles. The largest absolute Gasteiger partial charge is 0.364 e. The molecule has 1 aliphatic carbocycles. The lowest BCUT2D eigenvalue weighted by molar-refractivity contribution is -0.141. The van der Waals surface area contributed by atoms with Gasteiger partial charge in [0.15, 0.2) is 5.69 Å². The molecule has 0 fully saturated rings. The van der Waals surface area contributed by atoms with Gasteiger partial charge in [0, 0.05) is 28.7 Å². The second-order valence-corrected chi connectivity index (χ2v) is 10.8. The number of nitrogens with zero attached hydrogens (tertiary/aromatic N) is 3. The van der Waals surface area contributed by atoms with Gasteiger partial charge in [0.1, 0.15) is 18.4 Å². The van der Waals surface area contributed by atoms with Gasteiger partial charge in [0.2, 0.25) is 11.8 Å². The number of likely N-dealkylation sites (tertiary alicyclic amines) is 1. The minimum absolute atomic E-state index is 0.0227. The maximum atomic E-state index is 14.4. The van der Waals surface area contributed by atoms with Crippen molar-refractivity contribution in [3.05, 3.63) is 106 Å². The van der Waals surface area contributed by atoms with Crippen LogP contribution in [0.3, 0.4) is 0 Å². The molecule has 4 aromatic rings. The van der Waals surface area contributed by atoms with Crippen LogP contribution in [0, 0.1) is 5.82 Å². The first-order valence-corrected chi connectivity index (χ1v) is 14.0. The highest BCUT2D eigenvalue weighted by Gasteiger charge is 2.45. The van der Waals surface area contributed by atoms with Gasteiger partial charge in [-0.05, 0) is 54.8 Å². The molecule has 0 saturated carbocycles. The van der Waals surface area contributed by atoms with E-state index >= 15 is 0 Å². The number of nitrogens with two attached hydrogens (primary N) is 1. The van der Waals surface area contributed by atoms with E-state index in [0.717, 1.165) is 5.57 Å². The van der Waals surface area contributed by atoms with Gasteiger partial charge in [-0.15, -0.1) is 0 Å². The molecule has 2 atom stereocenters. The predicted octanol–water partition coefficient (Wildman–Crippen LogP) is 3.80. The number of carbonyl (C=O) groups is 4. The number of amides is 4. The fraction of sp³-hybridized carbons (Fsp3) is 0.194. The van der Waals surface area contributed by atoms with Gasteiger partial charge in [0.05, 0.1) is 16.6 Å². The van der Waals surface area contributed by atoms with Crippen molar-refractivity contribution in [2.24, 2.45) is 5.73 Å². The van der Waals surface area contributed by atoms with Crippen LogP contribution in [0.15, 0.2) is 78.4 Å². The average molecular weight is 601 g/mol. The molecule has 0 saturated heterocycles. The molecule has 0 spiro atoms. The monoisotopic (exact) mass is 600 g/mol. The number of aromatic nitrogens is 2. The van der Waals surface area contributed by atoms with E-state index in [9.17, 15) is 23.6 Å². The highest BCUT2D eigenvalue weighted by molar-refractivity contribution is 6.30. The van der Waals surface area contributed by atoms with Crippen LogP contribution in [-0.4, -0.2) is 50.4 Å². The summed E-state index contributed by atoms with van der Waals surface area (Å²) in [5.41, 5.74) is 7.90. The molecule has 218 valence electrons. The third kappa shape index (κ3) is 5.35. The fourth-order valence-corrected chi connectivity index (χ4v) is 5.88. The smallest absolute Gasteiger partial charge is 0.269 e. The number of hydrogen-bond donors (Lipinski definition) is 3. The second kappa shape index (κ2) is 11.3. The Hall–Kier alpha value is -5.03. The average Bonchev–Trinajstić information content (AvgIpc) is 3.72. The molecular formula is C31H26ClFN6O4. The van der Waals surface area contributed by atoms with Crippen molar-refractivity contribution in [2.75, 3.05) is 5.32 Å². The summed E-state index contributed by atoms with van der Waals surface area (Å²) in [6.45, 7) is -0.380. The molecule has 2 heterocycles. The maximum absolute atomic E-state index is 14.4. The van der Waals surface area contributed by atoms with E-state index in [-0.39, 0.29) is 41.3 Å². The van der Waals surface area contributed by atoms with Crippen molar-refractivity contribution in [2.45, 2.75) is 38.0 Å². The molecule has 3 aromatic carbocycles. The van der Waals surface area contributed by atoms with Gasteiger partial charge in [-0.1, -0.05) is 48.0 Å². The summed E-state index contributed by atoms with van der Waals surface area (Å²) < 4.78 is 15.7. The summed E-state index contributed by atoms with van der Waals surface area (Å²) in [5.74, 6) is -2.55. The van der Waals surface area contributed by atoms with Crippen LogP contribution < -0.4 is 16.4 Å². The summed E-state index contributed by atoms with van der Waals surface area (Å²) >= 11 is 5.87. The Kier molecular flexibility index (Phi) is 7.41. The SMILES string of the molecule is NC(=O)c1nn(CC(=O)N2[C@H](C(=O)NCc3cccc(Cl)c3F)C3=C[C@H]2CC3)c2cc(NC(=O)c3ccccc3)ccc12. The highest BCUT2D eigenvalue weighted by Crippen LogP contribution is 2.37. The van der Waals surface area contributed by atoms with Crippen LogP contribution in [0.1, 0.15) is 39.3 Å². The number of halogens is 2. The molecule has 0 unspecified atom stereocenters. The van der Waals surface area contributed by atoms with Crippen LogP contribution >= 0.6 is 11.6 Å². The molecule has 4 amide bonds. The molecule has 12 heteroatoms. The molecule has 2 bridgehead atoms. The van der Waals surface area contributed by atoms with Crippen molar-refractivity contribution in [1.82, 2.24) is 20.0 Å². The van der Waals surface area contributed by atoms with E-state index in [1.165, 1.54) is 21.7 Å². The number of rotatable bonds is 8. The third-order valence-electron chi connectivity index (χ3n) is 7.71. The Labute approximate surface area is 250 Å². The minimum atomic E-state index is -0.855. The third-order valence-corrected chi connectivity index (χ3v) is 8.00. The van der Waals surface area contributed by atoms with Crippen molar-refractivity contribution < 1.29 is 23.6 Å². The van der Waals surface area contributed by atoms with Crippen molar-refractivity contribution in [3.8, 4) is 0 Å². The van der Waals surface area contributed by atoms with Crippen LogP contribution in [-0.2, 0) is 22.7 Å². The van der Waals surface area contributed by atoms with Crippen LogP contribution in [0.2, 0.25) is 5.02 Å². The van der Waals surface area contributed by atoms with Gasteiger partial charge in [-0.3, -0.25) is 23.9 Å². The Morgan fingerprint density at radius 2 is 1.84 bits per heavy atom. The van der Waals surface area contributed by atoms with Crippen molar-refractivity contribution in [3.63, 3.8) is 0 Å².